The lowest BCUT2D eigenvalue weighted by atomic mass is 10.0. The molecular weight excluding hydrogens is 456 g/mol. The van der Waals surface area contributed by atoms with Gasteiger partial charge in [-0.15, -0.1) is 0 Å². The van der Waals surface area contributed by atoms with Crippen LogP contribution in [-0.4, -0.2) is 67.4 Å². The Balaban J connectivity index is 1.95. The van der Waals surface area contributed by atoms with Gasteiger partial charge in [0.2, 0.25) is 0 Å². The van der Waals surface area contributed by atoms with Gasteiger partial charge in [-0.05, 0) is 12.5 Å². The Kier molecular flexibility index (Phi) is 24.4. The maximum absolute atomic E-state index is 8.74. The van der Waals surface area contributed by atoms with Crippen LogP contribution >= 0.6 is 0 Å². The molecule has 0 amide bonds. The van der Waals surface area contributed by atoms with Crippen LogP contribution in [0.2, 0.25) is 0 Å². The first-order valence-electron chi connectivity index (χ1n) is 14.6. The average molecular weight is 511 g/mol. The Morgan fingerprint density at radius 3 is 1.61 bits per heavy atom. The van der Waals surface area contributed by atoms with Crippen LogP contribution in [-0.2, 0) is 14.2 Å². The monoisotopic (exact) mass is 510 g/mol. The molecule has 0 aliphatic carbocycles. The van der Waals surface area contributed by atoms with E-state index in [1.165, 1.54) is 96.3 Å². The van der Waals surface area contributed by atoms with Crippen LogP contribution in [0.25, 0.3) is 0 Å². The zero-order chi connectivity index (χ0) is 25.8. The van der Waals surface area contributed by atoms with Crippen molar-refractivity contribution in [3.63, 3.8) is 0 Å². The molecule has 36 heavy (non-hydrogen) atoms. The number of unbranched alkanes of at least 4 members (excludes halogenated alkanes) is 15. The van der Waals surface area contributed by atoms with Gasteiger partial charge in [0.15, 0.2) is 0 Å². The summed E-state index contributed by atoms with van der Waals surface area (Å²) in [7, 11) is 0. The molecular formula is C29H54N2O5. The normalized spacial score (nSPS) is 12.2. The zero-order valence-corrected chi connectivity index (χ0v) is 23.0. The second-order valence-corrected chi connectivity index (χ2v) is 9.56. The number of aromatic nitrogens is 2. The number of aliphatic hydroxyl groups excluding tert-OH is 1. The van der Waals surface area contributed by atoms with E-state index in [0.717, 1.165) is 13.0 Å². The van der Waals surface area contributed by atoms with Gasteiger partial charge in [0.1, 0.15) is 6.10 Å². The molecule has 1 aromatic rings. The van der Waals surface area contributed by atoms with Crippen molar-refractivity contribution in [2.45, 2.75) is 116 Å². The summed E-state index contributed by atoms with van der Waals surface area (Å²) in [6, 6.07) is 2.08. The van der Waals surface area contributed by atoms with Crippen molar-refractivity contribution in [2.75, 3.05) is 46.2 Å². The molecule has 0 bridgehead atoms. The number of nitrogens with zero attached hydrogens (tertiary/aromatic N) is 2. The Morgan fingerprint density at radius 2 is 1.08 bits per heavy atom. The molecule has 0 radical (unpaired) electrons. The van der Waals surface area contributed by atoms with Crippen LogP contribution in [0.15, 0.2) is 18.5 Å². The van der Waals surface area contributed by atoms with Gasteiger partial charge in [-0.3, -0.25) is 0 Å². The number of rotatable bonds is 28. The van der Waals surface area contributed by atoms with Gasteiger partial charge in [-0.1, -0.05) is 103 Å². The van der Waals surface area contributed by atoms with Crippen molar-refractivity contribution < 1.29 is 24.1 Å². The number of aliphatic hydroxyl groups is 1. The third kappa shape index (κ3) is 22.0. The molecule has 0 spiro atoms. The minimum Gasteiger partial charge on any atom is -0.455 e. The van der Waals surface area contributed by atoms with Gasteiger partial charge in [0.05, 0.1) is 39.6 Å². The Bertz CT molecular complexity index is 550. The van der Waals surface area contributed by atoms with E-state index < -0.39 is 0 Å². The molecule has 0 aromatic carbocycles. The summed E-state index contributed by atoms with van der Waals surface area (Å²) in [4.78, 5) is 8.24. The van der Waals surface area contributed by atoms with Crippen molar-refractivity contribution in [3.05, 3.63) is 18.5 Å². The lowest BCUT2D eigenvalue weighted by Crippen LogP contribution is -2.30. The van der Waals surface area contributed by atoms with E-state index in [-0.39, 0.29) is 12.7 Å². The SMILES string of the molecule is CCCCCCCCCCCCCCCCCCOCC(COCCOCCO)Oc1ncccn1. The van der Waals surface area contributed by atoms with Gasteiger partial charge in [0.25, 0.3) is 0 Å². The first-order valence-corrected chi connectivity index (χ1v) is 14.6. The predicted molar refractivity (Wildman–Crippen MR) is 146 cm³/mol. The third-order valence-corrected chi connectivity index (χ3v) is 6.17. The highest BCUT2D eigenvalue weighted by molar-refractivity contribution is 4.94. The summed E-state index contributed by atoms with van der Waals surface area (Å²) in [6.07, 6.45) is 24.9. The lowest BCUT2D eigenvalue weighted by Gasteiger charge is -2.18. The van der Waals surface area contributed by atoms with E-state index in [1.807, 2.05) is 0 Å². The minimum absolute atomic E-state index is 0.0181. The van der Waals surface area contributed by atoms with Crippen molar-refractivity contribution in [1.82, 2.24) is 9.97 Å². The summed E-state index contributed by atoms with van der Waals surface area (Å²) in [6.45, 7) is 5.05. The summed E-state index contributed by atoms with van der Waals surface area (Å²) in [5.41, 5.74) is 0. The Labute approximate surface area is 220 Å². The molecule has 0 saturated carbocycles. The largest absolute Gasteiger partial charge is 0.455 e. The fourth-order valence-corrected chi connectivity index (χ4v) is 4.08. The van der Waals surface area contributed by atoms with Crippen molar-refractivity contribution in [1.29, 1.82) is 0 Å². The smallest absolute Gasteiger partial charge is 0.316 e. The predicted octanol–water partition coefficient (Wildman–Crippen LogP) is 6.53. The average Bonchev–Trinajstić information content (AvgIpc) is 2.90. The highest BCUT2D eigenvalue weighted by Gasteiger charge is 2.13. The molecule has 1 unspecified atom stereocenters. The van der Waals surface area contributed by atoms with Crippen LogP contribution in [0.1, 0.15) is 110 Å². The third-order valence-electron chi connectivity index (χ3n) is 6.17. The van der Waals surface area contributed by atoms with E-state index in [9.17, 15) is 0 Å². The standard InChI is InChI=1S/C29H54N2O5/c1-2-3-4-5-6-7-8-9-10-11-12-13-14-15-16-17-22-34-26-28(27-35-25-24-33-23-21-32)36-29-30-19-18-20-31-29/h18-20,28,32H,2-17,21-27H2,1H3. The molecule has 1 heterocycles. The first kappa shape index (κ1) is 32.7. The van der Waals surface area contributed by atoms with Gasteiger partial charge in [-0.25, -0.2) is 9.97 Å². The summed E-state index contributed by atoms with van der Waals surface area (Å²) in [5, 5.41) is 8.74. The van der Waals surface area contributed by atoms with Gasteiger partial charge in [-0.2, -0.15) is 0 Å². The highest BCUT2D eigenvalue weighted by Crippen LogP contribution is 2.14. The van der Waals surface area contributed by atoms with Crippen molar-refractivity contribution >= 4 is 0 Å². The molecule has 1 aromatic heterocycles. The second-order valence-electron chi connectivity index (χ2n) is 9.56. The molecule has 0 aliphatic heterocycles. The van der Waals surface area contributed by atoms with Crippen LogP contribution in [0.5, 0.6) is 6.01 Å². The van der Waals surface area contributed by atoms with E-state index in [1.54, 1.807) is 18.5 Å². The zero-order valence-electron chi connectivity index (χ0n) is 23.0. The molecule has 210 valence electrons. The lowest BCUT2D eigenvalue weighted by molar-refractivity contribution is -0.0275. The highest BCUT2D eigenvalue weighted by atomic mass is 16.6. The van der Waals surface area contributed by atoms with Crippen LogP contribution in [0.3, 0.4) is 0 Å². The summed E-state index contributed by atoms with van der Waals surface area (Å²) in [5.74, 6) is 0. The summed E-state index contributed by atoms with van der Waals surface area (Å²) >= 11 is 0. The van der Waals surface area contributed by atoms with Gasteiger partial charge < -0.3 is 24.1 Å². The fourth-order valence-electron chi connectivity index (χ4n) is 4.08. The molecule has 1 atom stereocenters. The van der Waals surface area contributed by atoms with Crippen molar-refractivity contribution in [3.8, 4) is 6.01 Å². The molecule has 0 aliphatic rings. The molecule has 0 fully saturated rings. The molecule has 7 nitrogen and oxygen atoms in total. The number of ether oxygens (including phenoxy) is 4. The minimum atomic E-state index is -0.272. The molecule has 7 heteroatoms. The fraction of sp³-hybridized carbons (Fsp3) is 0.862. The van der Waals surface area contributed by atoms with Crippen LogP contribution in [0.4, 0.5) is 0 Å². The molecule has 1 rings (SSSR count). The van der Waals surface area contributed by atoms with E-state index >= 15 is 0 Å². The first-order chi connectivity index (χ1) is 17.9. The maximum atomic E-state index is 8.74. The molecule has 0 saturated heterocycles. The molecule has 1 N–H and O–H groups in total. The van der Waals surface area contributed by atoms with Gasteiger partial charge in [0, 0.05) is 19.0 Å². The van der Waals surface area contributed by atoms with Crippen molar-refractivity contribution in [2.24, 2.45) is 0 Å². The Hall–Kier alpha value is -1.28. The van der Waals surface area contributed by atoms with Crippen LogP contribution < -0.4 is 4.74 Å². The number of hydrogen-bond acceptors (Lipinski definition) is 7. The van der Waals surface area contributed by atoms with E-state index in [4.69, 9.17) is 24.1 Å². The Morgan fingerprint density at radius 1 is 0.611 bits per heavy atom. The van der Waals surface area contributed by atoms with E-state index in [2.05, 4.69) is 16.9 Å². The second kappa shape index (κ2) is 26.8. The van der Waals surface area contributed by atoms with Crippen LogP contribution in [0, 0.1) is 0 Å². The van der Waals surface area contributed by atoms with E-state index in [0.29, 0.717) is 39.0 Å². The quantitative estimate of drug-likeness (QED) is 0.128. The summed E-state index contributed by atoms with van der Waals surface area (Å²) < 4.78 is 22.5. The topological polar surface area (TPSA) is 82.9 Å². The number of hydrogen-bond donors (Lipinski definition) is 1. The maximum Gasteiger partial charge on any atom is 0.316 e. The van der Waals surface area contributed by atoms with Gasteiger partial charge >= 0.3 is 6.01 Å².